The van der Waals surface area contributed by atoms with Crippen molar-refractivity contribution in [1.29, 1.82) is 5.26 Å². The van der Waals surface area contributed by atoms with Gasteiger partial charge in [-0.25, -0.2) is 0 Å². The molecule has 0 aliphatic carbocycles. The monoisotopic (exact) mass is 334 g/mol. The molecule has 0 aliphatic heterocycles. The van der Waals surface area contributed by atoms with E-state index in [1.807, 2.05) is 41.1 Å². The van der Waals surface area contributed by atoms with Gasteiger partial charge in [0.05, 0.1) is 23.9 Å². The van der Waals surface area contributed by atoms with Crippen molar-refractivity contribution in [3.63, 3.8) is 0 Å². The van der Waals surface area contributed by atoms with Crippen LogP contribution >= 0.6 is 0 Å². The number of pyridine rings is 1. The Morgan fingerprint density at radius 2 is 2.16 bits per heavy atom. The van der Waals surface area contributed by atoms with E-state index < -0.39 is 0 Å². The van der Waals surface area contributed by atoms with E-state index in [2.05, 4.69) is 16.7 Å². The number of aromatic nitrogens is 1. The molecule has 25 heavy (non-hydrogen) atoms. The highest BCUT2D eigenvalue weighted by molar-refractivity contribution is 5.89. The number of nitriles is 1. The van der Waals surface area contributed by atoms with E-state index in [1.165, 1.54) is 6.92 Å². The van der Waals surface area contributed by atoms with Gasteiger partial charge in [-0.3, -0.25) is 4.79 Å². The minimum absolute atomic E-state index is 0.137. The van der Waals surface area contributed by atoms with Crippen LogP contribution in [0.25, 0.3) is 5.52 Å². The van der Waals surface area contributed by atoms with Crippen molar-refractivity contribution >= 4 is 22.8 Å². The van der Waals surface area contributed by atoms with Crippen LogP contribution in [0.4, 0.5) is 11.4 Å². The van der Waals surface area contributed by atoms with Crippen molar-refractivity contribution in [1.82, 2.24) is 4.40 Å². The van der Waals surface area contributed by atoms with Crippen molar-refractivity contribution in [2.75, 3.05) is 17.7 Å². The molecule has 0 saturated carbocycles. The Balaban J connectivity index is 1.88. The highest BCUT2D eigenvalue weighted by atomic mass is 16.5. The zero-order valence-corrected chi connectivity index (χ0v) is 14.0. The standard InChI is InChI=1S/C19H18N4O2/c1-13(24)22-15-6-7-19(25-2)17(9-15)21-11-14-12-23-8-4-3-5-18(23)16(14)10-20/h3-9,12,21H,11H2,1-2H3,(H,22,24). The van der Waals surface area contributed by atoms with Gasteiger partial charge in [0.2, 0.25) is 5.91 Å². The number of methoxy groups -OCH3 is 1. The van der Waals surface area contributed by atoms with E-state index in [4.69, 9.17) is 4.74 Å². The van der Waals surface area contributed by atoms with E-state index in [9.17, 15) is 10.1 Å². The van der Waals surface area contributed by atoms with Gasteiger partial charge in [0.25, 0.3) is 0 Å². The Kier molecular flexibility index (Phi) is 4.57. The fraction of sp³-hybridized carbons (Fsp3) is 0.158. The van der Waals surface area contributed by atoms with Crippen molar-refractivity contribution in [3.05, 3.63) is 59.9 Å². The van der Waals surface area contributed by atoms with Gasteiger partial charge in [0.15, 0.2) is 0 Å². The predicted molar refractivity (Wildman–Crippen MR) is 96.7 cm³/mol. The summed E-state index contributed by atoms with van der Waals surface area (Å²) in [6, 6.07) is 13.4. The largest absolute Gasteiger partial charge is 0.495 e. The second-order valence-electron chi connectivity index (χ2n) is 5.58. The average Bonchev–Trinajstić information content (AvgIpc) is 2.97. The number of nitrogens with one attached hydrogen (secondary N) is 2. The molecule has 2 heterocycles. The summed E-state index contributed by atoms with van der Waals surface area (Å²) in [7, 11) is 1.59. The third-order valence-corrected chi connectivity index (χ3v) is 3.86. The summed E-state index contributed by atoms with van der Waals surface area (Å²) >= 11 is 0. The lowest BCUT2D eigenvalue weighted by atomic mass is 10.1. The first-order valence-electron chi connectivity index (χ1n) is 7.80. The van der Waals surface area contributed by atoms with Gasteiger partial charge in [-0.1, -0.05) is 6.07 Å². The first kappa shape index (κ1) is 16.4. The number of carbonyl (C=O) groups is 1. The van der Waals surface area contributed by atoms with Crippen molar-refractivity contribution < 1.29 is 9.53 Å². The average molecular weight is 334 g/mol. The molecular formula is C19H18N4O2. The summed E-state index contributed by atoms with van der Waals surface area (Å²) in [4.78, 5) is 11.2. The van der Waals surface area contributed by atoms with Crippen LogP contribution in [0.2, 0.25) is 0 Å². The number of amides is 1. The number of fused-ring (bicyclic) bond motifs is 1. The molecule has 1 amide bonds. The van der Waals surface area contributed by atoms with E-state index in [1.54, 1.807) is 19.2 Å². The van der Waals surface area contributed by atoms with Crippen LogP contribution in [-0.4, -0.2) is 17.4 Å². The van der Waals surface area contributed by atoms with E-state index in [0.717, 1.165) is 16.8 Å². The highest BCUT2D eigenvalue weighted by Gasteiger charge is 2.11. The summed E-state index contributed by atoms with van der Waals surface area (Å²) in [5, 5.41) is 15.5. The third kappa shape index (κ3) is 3.40. The molecule has 1 aromatic carbocycles. The smallest absolute Gasteiger partial charge is 0.221 e. The number of carbonyl (C=O) groups excluding carboxylic acids is 1. The molecule has 0 aliphatic rings. The minimum atomic E-state index is -0.137. The summed E-state index contributed by atoms with van der Waals surface area (Å²) in [5.74, 6) is 0.526. The Hall–Kier alpha value is -3.46. The fourth-order valence-electron chi connectivity index (χ4n) is 2.76. The number of rotatable bonds is 5. The van der Waals surface area contributed by atoms with E-state index >= 15 is 0 Å². The SMILES string of the molecule is COc1ccc(NC(C)=O)cc1NCc1cn2ccccc2c1C#N. The third-order valence-electron chi connectivity index (χ3n) is 3.86. The predicted octanol–water partition coefficient (Wildman–Crippen LogP) is 3.39. The molecule has 0 fully saturated rings. The molecule has 0 bridgehead atoms. The van der Waals surface area contributed by atoms with Gasteiger partial charge >= 0.3 is 0 Å². The van der Waals surface area contributed by atoms with Crippen molar-refractivity contribution in [2.24, 2.45) is 0 Å². The maximum atomic E-state index is 11.2. The number of anilines is 2. The molecular weight excluding hydrogens is 316 g/mol. The van der Waals surface area contributed by atoms with Crippen LogP contribution in [0.5, 0.6) is 5.75 Å². The molecule has 3 aromatic rings. The minimum Gasteiger partial charge on any atom is -0.495 e. The van der Waals surface area contributed by atoms with Gasteiger partial charge in [0.1, 0.15) is 11.8 Å². The fourth-order valence-corrected chi connectivity index (χ4v) is 2.76. The Morgan fingerprint density at radius 3 is 2.88 bits per heavy atom. The molecule has 126 valence electrons. The molecule has 6 heteroatoms. The van der Waals surface area contributed by atoms with Gasteiger partial charge in [-0.05, 0) is 30.3 Å². The van der Waals surface area contributed by atoms with Crippen molar-refractivity contribution in [3.8, 4) is 11.8 Å². The lowest BCUT2D eigenvalue weighted by Gasteiger charge is -2.13. The maximum Gasteiger partial charge on any atom is 0.221 e. The van der Waals surface area contributed by atoms with Crippen molar-refractivity contribution in [2.45, 2.75) is 13.5 Å². The zero-order valence-electron chi connectivity index (χ0n) is 14.0. The molecule has 3 rings (SSSR count). The quantitative estimate of drug-likeness (QED) is 0.750. The molecule has 0 atom stereocenters. The van der Waals surface area contributed by atoms with Gasteiger partial charge in [-0.2, -0.15) is 5.26 Å². The number of hydrogen-bond acceptors (Lipinski definition) is 4. The molecule has 0 radical (unpaired) electrons. The Labute approximate surface area is 145 Å². The molecule has 2 N–H and O–H groups in total. The number of nitrogens with zero attached hydrogens (tertiary/aromatic N) is 2. The highest BCUT2D eigenvalue weighted by Crippen LogP contribution is 2.29. The first-order chi connectivity index (χ1) is 12.1. The summed E-state index contributed by atoms with van der Waals surface area (Å²) in [5.41, 5.74) is 3.83. The second kappa shape index (κ2) is 6.97. The van der Waals surface area contributed by atoms with Crippen LogP contribution < -0.4 is 15.4 Å². The molecule has 6 nitrogen and oxygen atoms in total. The lowest BCUT2D eigenvalue weighted by molar-refractivity contribution is -0.114. The van der Waals surface area contributed by atoms with Gasteiger partial charge in [-0.15, -0.1) is 0 Å². The number of benzene rings is 1. The number of ether oxygens (including phenoxy) is 1. The topological polar surface area (TPSA) is 78.6 Å². The summed E-state index contributed by atoms with van der Waals surface area (Å²) in [6.45, 7) is 1.92. The van der Waals surface area contributed by atoms with E-state index in [-0.39, 0.29) is 5.91 Å². The second-order valence-corrected chi connectivity index (χ2v) is 5.58. The van der Waals surface area contributed by atoms with E-state index in [0.29, 0.717) is 23.5 Å². The van der Waals surface area contributed by atoms with Crippen LogP contribution in [0.1, 0.15) is 18.1 Å². The summed E-state index contributed by atoms with van der Waals surface area (Å²) in [6.07, 6.45) is 3.85. The van der Waals surface area contributed by atoms with Crippen LogP contribution in [-0.2, 0) is 11.3 Å². The first-order valence-corrected chi connectivity index (χ1v) is 7.80. The van der Waals surface area contributed by atoms with Gasteiger partial charge < -0.3 is 19.8 Å². The van der Waals surface area contributed by atoms with Crippen LogP contribution in [0, 0.1) is 11.3 Å². The molecule has 0 spiro atoms. The molecule has 0 unspecified atom stereocenters. The number of hydrogen-bond donors (Lipinski definition) is 2. The Bertz CT molecular complexity index is 969. The Morgan fingerprint density at radius 1 is 1.32 bits per heavy atom. The van der Waals surface area contributed by atoms with Gasteiger partial charge in [0, 0.05) is 37.1 Å². The maximum absolute atomic E-state index is 11.2. The molecule has 0 saturated heterocycles. The lowest BCUT2D eigenvalue weighted by Crippen LogP contribution is -2.07. The summed E-state index contributed by atoms with van der Waals surface area (Å²) < 4.78 is 7.29. The van der Waals surface area contributed by atoms with Crippen LogP contribution in [0.15, 0.2) is 48.8 Å². The zero-order chi connectivity index (χ0) is 17.8. The van der Waals surface area contributed by atoms with Crippen LogP contribution in [0.3, 0.4) is 0 Å². The molecule has 2 aromatic heterocycles. The normalized spacial score (nSPS) is 10.3.